The molecule has 1 heterocycles. The molecule has 24 heavy (non-hydrogen) atoms. The van der Waals surface area contributed by atoms with Gasteiger partial charge in [-0.1, -0.05) is 13.0 Å². The summed E-state index contributed by atoms with van der Waals surface area (Å²) in [6.45, 7) is 4.95. The zero-order chi connectivity index (χ0) is 17.0. The Kier molecular flexibility index (Phi) is 7.66. The van der Waals surface area contributed by atoms with Crippen LogP contribution in [0.15, 0.2) is 23.1 Å². The van der Waals surface area contributed by atoms with Crippen molar-refractivity contribution in [2.45, 2.75) is 44.0 Å². The fourth-order valence-electron chi connectivity index (χ4n) is 2.94. The van der Waals surface area contributed by atoms with Crippen molar-refractivity contribution in [3.8, 4) is 0 Å². The van der Waals surface area contributed by atoms with Gasteiger partial charge in [0.05, 0.1) is 4.90 Å². The molecule has 1 saturated heterocycles. The number of amides is 1. The van der Waals surface area contributed by atoms with Crippen LogP contribution in [0.4, 0.5) is 0 Å². The third-order valence-electron chi connectivity index (χ3n) is 4.24. The van der Waals surface area contributed by atoms with Crippen LogP contribution in [0, 0.1) is 6.92 Å². The number of hydrogen-bond donors (Lipinski definition) is 2. The summed E-state index contributed by atoms with van der Waals surface area (Å²) in [5, 5.41) is 0. The summed E-state index contributed by atoms with van der Waals surface area (Å²) in [5.41, 5.74) is 6.99. The van der Waals surface area contributed by atoms with Crippen molar-refractivity contribution in [2.24, 2.45) is 5.73 Å². The number of aryl methyl sites for hydroxylation is 1. The summed E-state index contributed by atoms with van der Waals surface area (Å²) in [6.07, 6.45) is 2.92. The van der Waals surface area contributed by atoms with Crippen molar-refractivity contribution in [3.63, 3.8) is 0 Å². The number of carbonyl (C=O) groups excluding carboxylic acids is 1. The van der Waals surface area contributed by atoms with Crippen LogP contribution >= 0.6 is 12.4 Å². The van der Waals surface area contributed by atoms with E-state index >= 15 is 0 Å². The van der Waals surface area contributed by atoms with Crippen LogP contribution in [0.1, 0.15) is 42.1 Å². The Bertz CT molecular complexity index is 679. The van der Waals surface area contributed by atoms with Crippen LogP contribution in [-0.4, -0.2) is 44.9 Å². The van der Waals surface area contributed by atoms with Gasteiger partial charge in [0.15, 0.2) is 0 Å². The molecule has 0 bridgehead atoms. The highest BCUT2D eigenvalue weighted by atomic mass is 35.5. The van der Waals surface area contributed by atoms with E-state index in [-0.39, 0.29) is 29.3 Å². The van der Waals surface area contributed by atoms with E-state index in [0.717, 1.165) is 24.8 Å². The van der Waals surface area contributed by atoms with Crippen LogP contribution in [0.25, 0.3) is 0 Å². The first kappa shape index (κ1) is 20.9. The third kappa shape index (κ3) is 4.47. The first-order valence-corrected chi connectivity index (χ1v) is 9.50. The van der Waals surface area contributed by atoms with Gasteiger partial charge in [-0.05, 0) is 43.9 Å². The van der Waals surface area contributed by atoms with Crippen LogP contribution in [0.3, 0.4) is 0 Å². The van der Waals surface area contributed by atoms with Crippen molar-refractivity contribution in [1.29, 1.82) is 0 Å². The second kappa shape index (κ2) is 8.80. The lowest BCUT2D eigenvalue weighted by molar-refractivity contribution is 0.0622. The highest BCUT2D eigenvalue weighted by Gasteiger charge is 2.28. The Balaban J connectivity index is 0.00000288. The zero-order valence-corrected chi connectivity index (χ0v) is 15.8. The van der Waals surface area contributed by atoms with Gasteiger partial charge in [0.2, 0.25) is 10.0 Å². The van der Waals surface area contributed by atoms with Gasteiger partial charge in [-0.25, -0.2) is 13.1 Å². The molecule has 0 aromatic heterocycles. The Labute approximate surface area is 150 Å². The molecule has 0 aliphatic carbocycles. The van der Waals surface area contributed by atoms with Gasteiger partial charge in [0.25, 0.3) is 5.91 Å². The number of hydrogen-bond acceptors (Lipinski definition) is 4. The van der Waals surface area contributed by atoms with E-state index in [9.17, 15) is 13.2 Å². The first-order valence-electron chi connectivity index (χ1n) is 8.02. The van der Waals surface area contributed by atoms with E-state index in [1.54, 1.807) is 17.9 Å². The Morgan fingerprint density at radius 2 is 2.08 bits per heavy atom. The summed E-state index contributed by atoms with van der Waals surface area (Å²) in [7, 11) is -3.58. The van der Waals surface area contributed by atoms with E-state index in [1.807, 2.05) is 6.92 Å². The molecule has 1 aliphatic heterocycles. The van der Waals surface area contributed by atoms with Gasteiger partial charge < -0.3 is 10.6 Å². The standard InChI is InChI=1S/C16H25N3O3S.ClH/c1-3-18-23(21,22)14-8-7-12(2)15(10-14)16(20)19-9-5-4-6-13(19)11-17;/h7-8,10,13,18H,3-6,9,11,17H2,1-2H3;1H. The number of sulfonamides is 1. The minimum absolute atomic E-state index is 0. The molecule has 6 nitrogen and oxygen atoms in total. The fraction of sp³-hybridized carbons (Fsp3) is 0.562. The summed E-state index contributed by atoms with van der Waals surface area (Å²) in [6, 6.07) is 4.71. The maximum absolute atomic E-state index is 12.9. The van der Waals surface area contributed by atoms with Gasteiger partial charge in [-0.15, -0.1) is 12.4 Å². The normalized spacial score (nSPS) is 18.1. The smallest absolute Gasteiger partial charge is 0.254 e. The molecule has 1 atom stereocenters. The minimum atomic E-state index is -3.58. The average Bonchev–Trinajstić information content (AvgIpc) is 2.54. The van der Waals surface area contributed by atoms with E-state index < -0.39 is 10.0 Å². The maximum atomic E-state index is 12.9. The first-order chi connectivity index (χ1) is 10.9. The van der Waals surface area contributed by atoms with Crippen LogP contribution in [0.5, 0.6) is 0 Å². The van der Waals surface area contributed by atoms with Crippen molar-refractivity contribution in [2.75, 3.05) is 19.6 Å². The predicted molar refractivity (Wildman–Crippen MR) is 97.0 cm³/mol. The number of benzene rings is 1. The Morgan fingerprint density at radius 3 is 2.71 bits per heavy atom. The lowest BCUT2D eigenvalue weighted by Crippen LogP contribution is -2.47. The van der Waals surface area contributed by atoms with Crippen LogP contribution in [0.2, 0.25) is 0 Å². The highest BCUT2D eigenvalue weighted by molar-refractivity contribution is 7.89. The lowest BCUT2D eigenvalue weighted by atomic mass is 9.99. The molecule has 0 saturated carbocycles. The molecule has 136 valence electrons. The van der Waals surface area contributed by atoms with Gasteiger partial charge >= 0.3 is 0 Å². The maximum Gasteiger partial charge on any atom is 0.254 e. The van der Waals surface area contributed by atoms with Crippen molar-refractivity contribution in [3.05, 3.63) is 29.3 Å². The zero-order valence-electron chi connectivity index (χ0n) is 14.1. The molecule has 3 N–H and O–H groups in total. The number of nitrogens with zero attached hydrogens (tertiary/aromatic N) is 1. The van der Waals surface area contributed by atoms with Crippen LogP contribution in [-0.2, 0) is 10.0 Å². The predicted octanol–water partition coefficient (Wildman–Crippen LogP) is 1.67. The lowest BCUT2D eigenvalue weighted by Gasteiger charge is -2.35. The molecule has 1 aromatic carbocycles. The number of likely N-dealkylation sites (tertiary alicyclic amines) is 1. The minimum Gasteiger partial charge on any atom is -0.334 e. The highest BCUT2D eigenvalue weighted by Crippen LogP contribution is 2.22. The number of nitrogens with one attached hydrogen (secondary N) is 1. The molecule has 0 spiro atoms. The largest absolute Gasteiger partial charge is 0.334 e. The summed E-state index contributed by atoms with van der Waals surface area (Å²) >= 11 is 0. The number of rotatable bonds is 5. The Hall–Kier alpha value is -1.15. The van der Waals surface area contributed by atoms with Crippen molar-refractivity contribution in [1.82, 2.24) is 9.62 Å². The second-order valence-electron chi connectivity index (χ2n) is 5.86. The molecule has 1 aromatic rings. The summed E-state index contributed by atoms with van der Waals surface area (Å²) < 4.78 is 26.8. The third-order valence-corrected chi connectivity index (χ3v) is 5.79. The molecule has 1 amide bonds. The quantitative estimate of drug-likeness (QED) is 0.818. The molecule has 8 heteroatoms. The summed E-state index contributed by atoms with van der Waals surface area (Å²) in [4.78, 5) is 14.8. The van der Waals surface area contributed by atoms with Gasteiger partial charge in [0.1, 0.15) is 0 Å². The number of piperidine rings is 1. The fourth-order valence-corrected chi connectivity index (χ4v) is 4.01. The number of halogens is 1. The topological polar surface area (TPSA) is 92.5 Å². The Morgan fingerprint density at radius 1 is 1.38 bits per heavy atom. The number of carbonyl (C=O) groups is 1. The molecule has 1 fully saturated rings. The van der Waals surface area contributed by atoms with Crippen LogP contribution < -0.4 is 10.5 Å². The van der Waals surface area contributed by atoms with E-state index in [2.05, 4.69) is 4.72 Å². The second-order valence-corrected chi connectivity index (χ2v) is 7.63. The van der Waals surface area contributed by atoms with Gasteiger partial charge in [-0.2, -0.15) is 0 Å². The molecular formula is C16H26ClN3O3S. The van der Waals surface area contributed by atoms with Crippen molar-refractivity contribution >= 4 is 28.3 Å². The monoisotopic (exact) mass is 375 g/mol. The molecule has 1 aliphatic rings. The summed E-state index contributed by atoms with van der Waals surface area (Å²) in [5.74, 6) is -0.133. The van der Waals surface area contributed by atoms with E-state index in [1.165, 1.54) is 12.1 Å². The average molecular weight is 376 g/mol. The van der Waals surface area contributed by atoms with Crippen molar-refractivity contribution < 1.29 is 13.2 Å². The van der Waals surface area contributed by atoms with E-state index in [4.69, 9.17) is 5.73 Å². The molecule has 0 radical (unpaired) electrons. The van der Waals surface area contributed by atoms with E-state index in [0.29, 0.717) is 25.2 Å². The SMILES string of the molecule is CCNS(=O)(=O)c1ccc(C)c(C(=O)N2CCCCC2CN)c1.Cl. The number of nitrogens with two attached hydrogens (primary N) is 1. The molecule has 2 rings (SSSR count). The van der Waals surface area contributed by atoms with Gasteiger partial charge in [0, 0.05) is 31.2 Å². The van der Waals surface area contributed by atoms with Gasteiger partial charge in [-0.3, -0.25) is 4.79 Å². The molecule has 1 unspecified atom stereocenters. The molecular weight excluding hydrogens is 350 g/mol.